The van der Waals surface area contributed by atoms with E-state index in [0.29, 0.717) is 32.8 Å². The Morgan fingerprint density at radius 2 is 1.46 bits per heavy atom. The van der Waals surface area contributed by atoms with Gasteiger partial charge in [0.05, 0.1) is 25.2 Å². The third kappa shape index (κ3) is 6.83. The molecular formula is C28H31N3O4. The number of carbonyl (C=O) groups excluding carboxylic acids is 2. The lowest BCUT2D eigenvalue weighted by atomic mass is 9.93. The van der Waals surface area contributed by atoms with E-state index in [1.807, 2.05) is 60.7 Å². The number of benzene rings is 3. The van der Waals surface area contributed by atoms with Crippen molar-refractivity contribution in [3.63, 3.8) is 0 Å². The monoisotopic (exact) mass is 473 g/mol. The van der Waals surface area contributed by atoms with Crippen LogP contribution in [0, 0.1) is 0 Å². The van der Waals surface area contributed by atoms with Crippen LogP contribution in [0.3, 0.4) is 0 Å². The molecule has 1 saturated heterocycles. The molecule has 0 unspecified atom stereocenters. The van der Waals surface area contributed by atoms with Gasteiger partial charge < -0.3 is 25.4 Å². The van der Waals surface area contributed by atoms with Gasteiger partial charge in [-0.15, -0.1) is 0 Å². The van der Waals surface area contributed by atoms with E-state index in [1.165, 1.54) is 0 Å². The van der Waals surface area contributed by atoms with Gasteiger partial charge in [0.15, 0.2) is 0 Å². The topological polar surface area (TPSA) is 90.9 Å². The highest BCUT2D eigenvalue weighted by Crippen LogP contribution is 2.24. The SMILES string of the molecule is O=C(N[C@H](CNc1ccc(O)cc1)c1ccccc1)[C@@H](CC(=O)N1CCOCC1)c1ccccc1. The number of amides is 2. The molecule has 0 aliphatic carbocycles. The summed E-state index contributed by atoms with van der Waals surface area (Å²) < 4.78 is 5.36. The molecule has 3 aromatic carbocycles. The van der Waals surface area contributed by atoms with E-state index in [1.54, 1.807) is 29.2 Å². The van der Waals surface area contributed by atoms with E-state index < -0.39 is 5.92 Å². The summed E-state index contributed by atoms with van der Waals surface area (Å²) in [4.78, 5) is 28.4. The molecule has 0 radical (unpaired) electrons. The Balaban J connectivity index is 1.52. The summed E-state index contributed by atoms with van der Waals surface area (Å²) in [7, 11) is 0. The minimum absolute atomic E-state index is 0.0456. The van der Waals surface area contributed by atoms with Crippen LogP contribution >= 0.6 is 0 Å². The lowest BCUT2D eigenvalue weighted by molar-refractivity contribution is -0.138. The fourth-order valence-electron chi connectivity index (χ4n) is 4.17. The smallest absolute Gasteiger partial charge is 0.228 e. The molecule has 1 fully saturated rings. The molecule has 2 amide bonds. The first-order chi connectivity index (χ1) is 17.1. The normalized spacial score (nSPS) is 15.1. The van der Waals surface area contributed by atoms with Crippen molar-refractivity contribution in [3.8, 4) is 5.75 Å². The van der Waals surface area contributed by atoms with Crippen LogP contribution in [0.5, 0.6) is 5.75 Å². The molecule has 1 aliphatic rings. The Kier molecular flexibility index (Phi) is 8.35. The van der Waals surface area contributed by atoms with Crippen molar-refractivity contribution in [2.75, 3.05) is 38.2 Å². The summed E-state index contributed by atoms with van der Waals surface area (Å²) in [5.41, 5.74) is 2.60. The van der Waals surface area contributed by atoms with Gasteiger partial charge in [-0.25, -0.2) is 0 Å². The van der Waals surface area contributed by atoms with Gasteiger partial charge in [0.25, 0.3) is 0 Å². The van der Waals surface area contributed by atoms with Crippen molar-refractivity contribution >= 4 is 17.5 Å². The Hall–Kier alpha value is -3.84. The molecule has 0 bridgehead atoms. The summed E-state index contributed by atoms with van der Waals surface area (Å²) in [6.45, 7) is 2.58. The molecule has 1 heterocycles. The van der Waals surface area contributed by atoms with Crippen LogP contribution in [0.25, 0.3) is 0 Å². The summed E-state index contributed by atoms with van der Waals surface area (Å²) in [5, 5.41) is 16.1. The number of aromatic hydroxyl groups is 1. The Bertz CT molecular complexity index is 1080. The molecule has 4 rings (SSSR count). The quantitative estimate of drug-likeness (QED) is 0.413. The van der Waals surface area contributed by atoms with Crippen molar-refractivity contribution in [1.29, 1.82) is 0 Å². The lowest BCUT2D eigenvalue weighted by Gasteiger charge is -2.29. The van der Waals surface area contributed by atoms with Gasteiger partial charge in [-0.1, -0.05) is 60.7 Å². The van der Waals surface area contributed by atoms with E-state index in [-0.39, 0.29) is 30.0 Å². The average molecular weight is 474 g/mol. The molecule has 1 aliphatic heterocycles. The molecular weight excluding hydrogens is 442 g/mol. The Morgan fingerprint density at radius 1 is 0.857 bits per heavy atom. The van der Waals surface area contributed by atoms with Crippen molar-refractivity contribution in [2.45, 2.75) is 18.4 Å². The van der Waals surface area contributed by atoms with Crippen molar-refractivity contribution in [3.05, 3.63) is 96.1 Å². The van der Waals surface area contributed by atoms with E-state index in [4.69, 9.17) is 4.74 Å². The fourth-order valence-corrected chi connectivity index (χ4v) is 4.17. The molecule has 0 saturated carbocycles. The molecule has 7 heteroatoms. The molecule has 182 valence electrons. The number of phenolic OH excluding ortho intramolecular Hbond substituents is 1. The number of nitrogens with zero attached hydrogens (tertiary/aromatic N) is 1. The predicted octanol–water partition coefficient (Wildman–Crippen LogP) is 3.69. The maximum atomic E-state index is 13.6. The molecule has 0 aromatic heterocycles. The second-order valence-corrected chi connectivity index (χ2v) is 8.56. The van der Waals surface area contributed by atoms with Gasteiger partial charge in [-0.05, 0) is 35.4 Å². The summed E-state index contributed by atoms with van der Waals surface area (Å²) in [6, 6.07) is 25.7. The van der Waals surface area contributed by atoms with E-state index in [9.17, 15) is 14.7 Å². The maximum Gasteiger partial charge on any atom is 0.228 e. The van der Waals surface area contributed by atoms with Crippen LogP contribution in [0.1, 0.15) is 29.5 Å². The number of ether oxygens (including phenoxy) is 1. The summed E-state index contributed by atoms with van der Waals surface area (Å²) >= 11 is 0. The van der Waals surface area contributed by atoms with Crippen LogP contribution in [0.2, 0.25) is 0 Å². The van der Waals surface area contributed by atoms with Gasteiger partial charge in [0, 0.05) is 31.7 Å². The number of rotatable bonds is 9. The van der Waals surface area contributed by atoms with Gasteiger partial charge in [0.1, 0.15) is 5.75 Å². The molecule has 3 aromatic rings. The minimum atomic E-state index is -0.605. The van der Waals surface area contributed by atoms with Crippen LogP contribution < -0.4 is 10.6 Å². The first kappa shape index (κ1) is 24.3. The van der Waals surface area contributed by atoms with E-state index in [0.717, 1.165) is 16.8 Å². The van der Waals surface area contributed by atoms with Crippen LogP contribution in [-0.4, -0.2) is 54.7 Å². The van der Waals surface area contributed by atoms with Crippen molar-refractivity contribution in [1.82, 2.24) is 10.2 Å². The average Bonchev–Trinajstić information content (AvgIpc) is 2.91. The van der Waals surface area contributed by atoms with E-state index >= 15 is 0 Å². The van der Waals surface area contributed by atoms with Gasteiger partial charge in [-0.2, -0.15) is 0 Å². The largest absolute Gasteiger partial charge is 0.508 e. The second kappa shape index (κ2) is 12.0. The Labute approximate surface area is 205 Å². The van der Waals surface area contributed by atoms with Crippen molar-refractivity contribution in [2.24, 2.45) is 0 Å². The first-order valence-electron chi connectivity index (χ1n) is 11.9. The highest BCUT2D eigenvalue weighted by Gasteiger charge is 2.29. The third-order valence-corrected chi connectivity index (χ3v) is 6.16. The van der Waals surface area contributed by atoms with Crippen LogP contribution in [0.15, 0.2) is 84.9 Å². The highest BCUT2D eigenvalue weighted by molar-refractivity contribution is 5.90. The minimum Gasteiger partial charge on any atom is -0.508 e. The maximum absolute atomic E-state index is 13.6. The van der Waals surface area contributed by atoms with Gasteiger partial charge in [0.2, 0.25) is 11.8 Å². The third-order valence-electron chi connectivity index (χ3n) is 6.16. The number of hydrogen-bond acceptors (Lipinski definition) is 5. The summed E-state index contributed by atoms with van der Waals surface area (Å²) in [6.07, 6.45) is 0.0999. The van der Waals surface area contributed by atoms with Gasteiger partial charge >= 0.3 is 0 Å². The zero-order chi connectivity index (χ0) is 24.5. The molecule has 35 heavy (non-hydrogen) atoms. The molecule has 7 nitrogen and oxygen atoms in total. The predicted molar refractivity (Wildman–Crippen MR) is 135 cm³/mol. The first-order valence-corrected chi connectivity index (χ1v) is 11.9. The summed E-state index contributed by atoms with van der Waals surface area (Å²) in [5.74, 6) is -0.652. The fraction of sp³-hybridized carbons (Fsp3) is 0.286. The highest BCUT2D eigenvalue weighted by atomic mass is 16.5. The number of nitrogens with one attached hydrogen (secondary N) is 2. The zero-order valence-electron chi connectivity index (χ0n) is 19.6. The molecule has 3 N–H and O–H groups in total. The standard InChI is InChI=1S/C28H31N3O4/c32-24-13-11-23(12-14-24)29-20-26(22-9-5-2-6-10-22)30-28(34)25(21-7-3-1-4-8-21)19-27(33)31-15-17-35-18-16-31/h1-14,25-26,29,32H,15-20H2,(H,30,34)/t25-,26+/m0/s1. The van der Waals surface area contributed by atoms with E-state index in [2.05, 4.69) is 10.6 Å². The zero-order valence-corrected chi connectivity index (χ0v) is 19.6. The lowest BCUT2D eigenvalue weighted by Crippen LogP contribution is -2.43. The molecule has 0 spiro atoms. The number of anilines is 1. The number of carbonyl (C=O) groups is 2. The number of hydrogen-bond donors (Lipinski definition) is 3. The Morgan fingerprint density at radius 3 is 2.09 bits per heavy atom. The number of phenols is 1. The van der Waals surface area contributed by atoms with Crippen LogP contribution in [-0.2, 0) is 14.3 Å². The van der Waals surface area contributed by atoms with Gasteiger partial charge in [-0.3, -0.25) is 9.59 Å². The van der Waals surface area contributed by atoms with Crippen molar-refractivity contribution < 1.29 is 19.4 Å². The van der Waals surface area contributed by atoms with Crippen LogP contribution in [0.4, 0.5) is 5.69 Å². The number of morpholine rings is 1. The second-order valence-electron chi connectivity index (χ2n) is 8.56. The molecule has 2 atom stereocenters.